The van der Waals surface area contributed by atoms with Gasteiger partial charge in [0.05, 0.1) is 23.9 Å². The summed E-state index contributed by atoms with van der Waals surface area (Å²) in [5, 5.41) is 4.48. The van der Waals surface area contributed by atoms with Crippen molar-refractivity contribution in [2.75, 3.05) is 11.4 Å². The van der Waals surface area contributed by atoms with Crippen LogP contribution in [0.1, 0.15) is 24.5 Å². The van der Waals surface area contributed by atoms with E-state index in [1.807, 2.05) is 24.6 Å². The summed E-state index contributed by atoms with van der Waals surface area (Å²) < 4.78 is 15.4. The standard InChI is InChI=1S/C17H19FN6/c1-11-21-12(2)24(22-11)10-14-4-3-7-23(14)16-5-6-19-15-8-13(18)9-20-17(15)16/h5-6,8-9,14H,3-4,7,10H2,1-2H3. The number of hydrogen-bond donors (Lipinski definition) is 0. The minimum Gasteiger partial charge on any atom is -0.365 e. The SMILES string of the molecule is Cc1nc(C)n(CC2CCCN2c2ccnc3cc(F)cnc23)n1. The molecule has 0 bridgehead atoms. The molecule has 0 N–H and O–H groups in total. The van der Waals surface area contributed by atoms with Gasteiger partial charge in [0.15, 0.2) is 0 Å². The maximum Gasteiger partial charge on any atom is 0.147 e. The van der Waals surface area contributed by atoms with E-state index in [0.717, 1.165) is 48.8 Å². The van der Waals surface area contributed by atoms with Gasteiger partial charge < -0.3 is 4.90 Å². The molecule has 1 atom stereocenters. The van der Waals surface area contributed by atoms with E-state index >= 15 is 0 Å². The highest BCUT2D eigenvalue weighted by atomic mass is 19.1. The Bertz CT molecular complexity index is 890. The van der Waals surface area contributed by atoms with E-state index in [-0.39, 0.29) is 5.82 Å². The highest BCUT2D eigenvalue weighted by Gasteiger charge is 2.27. The second-order valence-electron chi connectivity index (χ2n) is 6.23. The minimum absolute atomic E-state index is 0.322. The molecule has 1 unspecified atom stereocenters. The van der Waals surface area contributed by atoms with Crippen LogP contribution in [0.15, 0.2) is 24.5 Å². The van der Waals surface area contributed by atoms with E-state index in [4.69, 9.17) is 0 Å². The number of aromatic nitrogens is 5. The lowest BCUT2D eigenvalue weighted by Gasteiger charge is -2.27. The number of nitrogens with zero attached hydrogens (tertiary/aromatic N) is 6. The predicted molar refractivity (Wildman–Crippen MR) is 89.4 cm³/mol. The van der Waals surface area contributed by atoms with Crippen molar-refractivity contribution in [3.8, 4) is 0 Å². The second-order valence-corrected chi connectivity index (χ2v) is 6.23. The fraction of sp³-hybridized carbons (Fsp3) is 0.412. The van der Waals surface area contributed by atoms with Gasteiger partial charge in [-0.2, -0.15) is 5.10 Å². The molecule has 6 nitrogen and oxygen atoms in total. The molecule has 3 aromatic rings. The fourth-order valence-electron chi connectivity index (χ4n) is 3.50. The molecule has 1 saturated heterocycles. The molecule has 0 amide bonds. The molecule has 0 saturated carbocycles. The van der Waals surface area contributed by atoms with Gasteiger partial charge in [0.1, 0.15) is 23.0 Å². The lowest BCUT2D eigenvalue weighted by Crippen LogP contribution is -2.33. The number of fused-ring (bicyclic) bond motifs is 1. The molecule has 4 heterocycles. The molecular formula is C17H19FN6. The van der Waals surface area contributed by atoms with Crippen LogP contribution in [0.4, 0.5) is 10.1 Å². The molecule has 0 aliphatic carbocycles. The molecule has 3 aromatic heterocycles. The lowest BCUT2D eigenvalue weighted by molar-refractivity contribution is 0.497. The molecule has 0 aromatic carbocycles. The van der Waals surface area contributed by atoms with Crippen LogP contribution in [0.3, 0.4) is 0 Å². The van der Waals surface area contributed by atoms with Crippen molar-refractivity contribution in [3.63, 3.8) is 0 Å². The molecule has 7 heteroatoms. The first-order valence-electron chi connectivity index (χ1n) is 8.17. The lowest BCUT2D eigenvalue weighted by atomic mass is 10.2. The summed E-state index contributed by atoms with van der Waals surface area (Å²) in [5.41, 5.74) is 2.35. The number of rotatable bonds is 3. The summed E-state index contributed by atoms with van der Waals surface area (Å²) in [6, 6.07) is 3.72. The monoisotopic (exact) mass is 326 g/mol. The van der Waals surface area contributed by atoms with Crippen molar-refractivity contribution < 1.29 is 4.39 Å². The van der Waals surface area contributed by atoms with E-state index in [1.165, 1.54) is 12.3 Å². The molecule has 124 valence electrons. The first-order valence-corrected chi connectivity index (χ1v) is 8.17. The Kier molecular flexibility index (Phi) is 3.63. The average molecular weight is 326 g/mol. The van der Waals surface area contributed by atoms with Crippen molar-refractivity contribution in [2.45, 2.75) is 39.3 Å². The van der Waals surface area contributed by atoms with E-state index in [9.17, 15) is 4.39 Å². The molecule has 0 spiro atoms. The van der Waals surface area contributed by atoms with Crippen LogP contribution < -0.4 is 4.90 Å². The predicted octanol–water partition coefficient (Wildman–Crippen LogP) is 2.65. The van der Waals surface area contributed by atoms with Gasteiger partial charge in [-0.1, -0.05) is 0 Å². The van der Waals surface area contributed by atoms with Gasteiger partial charge in [0, 0.05) is 24.8 Å². The quantitative estimate of drug-likeness (QED) is 0.740. The zero-order chi connectivity index (χ0) is 16.7. The summed E-state index contributed by atoms with van der Waals surface area (Å²) in [5.74, 6) is 1.36. The Morgan fingerprint density at radius 2 is 2.17 bits per heavy atom. The second kappa shape index (κ2) is 5.81. The smallest absolute Gasteiger partial charge is 0.147 e. The normalized spacial score (nSPS) is 17.8. The number of anilines is 1. The van der Waals surface area contributed by atoms with Crippen LogP contribution in [0.2, 0.25) is 0 Å². The summed E-state index contributed by atoms with van der Waals surface area (Å²) in [6.07, 6.45) is 5.17. The number of aryl methyl sites for hydroxylation is 2. The van der Waals surface area contributed by atoms with Crippen LogP contribution in [-0.2, 0) is 6.54 Å². The Labute approximate surface area is 139 Å². The average Bonchev–Trinajstić information content (AvgIpc) is 3.13. The molecule has 1 aliphatic heterocycles. The summed E-state index contributed by atoms with van der Waals surface area (Å²) >= 11 is 0. The maximum atomic E-state index is 13.4. The van der Waals surface area contributed by atoms with Gasteiger partial charge in [-0.25, -0.2) is 19.0 Å². The zero-order valence-electron chi connectivity index (χ0n) is 13.8. The Morgan fingerprint density at radius 1 is 1.29 bits per heavy atom. The van der Waals surface area contributed by atoms with Gasteiger partial charge in [-0.05, 0) is 32.8 Å². The van der Waals surface area contributed by atoms with E-state index < -0.39 is 0 Å². The van der Waals surface area contributed by atoms with Crippen LogP contribution in [0, 0.1) is 19.7 Å². The Morgan fingerprint density at radius 3 is 2.96 bits per heavy atom. The molecule has 4 rings (SSSR count). The van der Waals surface area contributed by atoms with Crippen LogP contribution in [0.25, 0.3) is 11.0 Å². The Balaban J connectivity index is 1.69. The topological polar surface area (TPSA) is 59.7 Å². The van der Waals surface area contributed by atoms with E-state index in [0.29, 0.717) is 11.6 Å². The summed E-state index contributed by atoms with van der Waals surface area (Å²) in [7, 11) is 0. The maximum absolute atomic E-state index is 13.4. The Hall–Kier alpha value is -2.57. The fourth-order valence-corrected chi connectivity index (χ4v) is 3.50. The zero-order valence-corrected chi connectivity index (χ0v) is 13.8. The van der Waals surface area contributed by atoms with Gasteiger partial charge in [0.25, 0.3) is 0 Å². The first kappa shape index (κ1) is 15.0. The number of pyridine rings is 2. The molecule has 1 aliphatic rings. The van der Waals surface area contributed by atoms with Crippen molar-refractivity contribution >= 4 is 16.7 Å². The van der Waals surface area contributed by atoms with Crippen molar-refractivity contribution in [3.05, 3.63) is 42.0 Å². The third kappa shape index (κ3) is 2.60. The first-order chi connectivity index (χ1) is 11.6. The molecule has 24 heavy (non-hydrogen) atoms. The van der Waals surface area contributed by atoms with Gasteiger partial charge in [-0.3, -0.25) is 4.98 Å². The van der Waals surface area contributed by atoms with Crippen molar-refractivity contribution in [2.24, 2.45) is 0 Å². The molecular weight excluding hydrogens is 307 g/mol. The summed E-state index contributed by atoms with van der Waals surface area (Å²) in [6.45, 7) is 5.63. The van der Waals surface area contributed by atoms with Gasteiger partial charge in [0.2, 0.25) is 0 Å². The molecule has 1 fully saturated rings. The molecule has 0 radical (unpaired) electrons. The summed E-state index contributed by atoms with van der Waals surface area (Å²) in [4.78, 5) is 15.2. The number of hydrogen-bond acceptors (Lipinski definition) is 5. The highest BCUT2D eigenvalue weighted by Crippen LogP contribution is 2.31. The third-order valence-corrected chi connectivity index (χ3v) is 4.56. The van der Waals surface area contributed by atoms with Crippen LogP contribution in [-0.4, -0.2) is 37.3 Å². The van der Waals surface area contributed by atoms with Crippen molar-refractivity contribution in [1.82, 2.24) is 24.7 Å². The van der Waals surface area contributed by atoms with E-state index in [1.54, 1.807) is 6.20 Å². The minimum atomic E-state index is -0.362. The number of halogens is 1. The van der Waals surface area contributed by atoms with Gasteiger partial charge in [-0.15, -0.1) is 0 Å². The largest absolute Gasteiger partial charge is 0.365 e. The van der Waals surface area contributed by atoms with Crippen molar-refractivity contribution in [1.29, 1.82) is 0 Å². The van der Waals surface area contributed by atoms with Crippen LogP contribution >= 0.6 is 0 Å². The van der Waals surface area contributed by atoms with Crippen LogP contribution in [0.5, 0.6) is 0 Å². The third-order valence-electron chi connectivity index (χ3n) is 4.56. The highest BCUT2D eigenvalue weighted by molar-refractivity contribution is 5.87. The van der Waals surface area contributed by atoms with Gasteiger partial charge >= 0.3 is 0 Å². The van der Waals surface area contributed by atoms with E-state index in [2.05, 4.69) is 25.0 Å².